The Bertz CT molecular complexity index is 957. The minimum absolute atomic E-state index is 0.0486. The number of nitrogens with zero attached hydrogens (tertiary/aromatic N) is 1. The molecule has 0 aliphatic carbocycles. The highest BCUT2D eigenvalue weighted by molar-refractivity contribution is 7.80. The van der Waals surface area contributed by atoms with Crippen molar-refractivity contribution in [2.45, 2.75) is 6.92 Å². The van der Waals surface area contributed by atoms with Gasteiger partial charge in [-0.25, -0.2) is 4.39 Å². The molecule has 2 aromatic rings. The Morgan fingerprint density at radius 1 is 1.22 bits per heavy atom. The Morgan fingerprint density at radius 2 is 1.93 bits per heavy atom. The number of hydrogen-bond donors (Lipinski definition) is 2. The molecule has 2 amide bonds. The van der Waals surface area contributed by atoms with Gasteiger partial charge >= 0.3 is 0 Å². The number of carbonyl (C=O) groups is 2. The number of amides is 2. The van der Waals surface area contributed by atoms with E-state index in [1.165, 1.54) is 42.5 Å². The molecule has 2 aromatic carbocycles. The molecular weight excluding hydrogens is 371 g/mol. The smallest absolute Gasteiger partial charge is 0.270 e. The molecule has 0 radical (unpaired) electrons. The molecule has 1 heterocycles. The third-order valence-electron chi connectivity index (χ3n) is 3.78. The van der Waals surface area contributed by atoms with Gasteiger partial charge in [-0.15, -0.1) is 0 Å². The Balaban J connectivity index is 1.99. The molecule has 2 N–H and O–H groups in total. The van der Waals surface area contributed by atoms with Gasteiger partial charge in [0.05, 0.1) is 12.3 Å². The van der Waals surface area contributed by atoms with Crippen molar-refractivity contribution in [3.05, 3.63) is 59.4 Å². The summed E-state index contributed by atoms with van der Waals surface area (Å²) in [6.45, 7) is 2.11. The van der Waals surface area contributed by atoms with E-state index in [-0.39, 0.29) is 22.2 Å². The fourth-order valence-electron chi connectivity index (χ4n) is 2.54. The van der Waals surface area contributed by atoms with E-state index in [2.05, 4.69) is 5.32 Å². The number of halogens is 1. The summed E-state index contributed by atoms with van der Waals surface area (Å²) in [5.74, 6) is -1.55. The maximum absolute atomic E-state index is 13.2. The average Bonchev–Trinajstić information content (AvgIpc) is 2.63. The molecule has 1 saturated heterocycles. The van der Waals surface area contributed by atoms with E-state index in [4.69, 9.17) is 17.0 Å². The summed E-state index contributed by atoms with van der Waals surface area (Å²) in [5, 5.41) is 12.1. The number of anilines is 1. The summed E-state index contributed by atoms with van der Waals surface area (Å²) >= 11 is 5.09. The van der Waals surface area contributed by atoms with Gasteiger partial charge in [0.2, 0.25) is 0 Å². The lowest BCUT2D eigenvalue weighted by Crippen LogP contribution is -2.54. The fraction of sp³-hybridized carbons (Fsp3) is 0.105. The topological polar surface area (TPSA) is 78.9 Å². The summed E-state index contributed by atoms with van der Waals surface area (Å²) in [6.07, 6.45) is 1.37. The molecule has 0 spiro atoms. The molecule has 0 aromatic heterocycles. The van der Waals surface area contributed by atoms with Crippen LogP contribution in [0.3, 0.4) is 0 Å². The number of phenols is 1. The van der Waals surface area contributed by atoms with Gasteiger partial charge in [0.25, 0.3) is 11.8 Å². The molecule has 27 heavy (non-hydrogen) atoms. The van der Waals surface area contributed by atoms with E-state index >= 15 is 0 Å². The molecule has 1 fully saturated rings. The minimum Gasteiger partial charge on any atom is -0.504 e. The highest BCUT2D eigenvalue weighted by Crippen LogP contribution is 2.29. The van der Waals surface area contributed by atoms with Gasteiger partial charge < -0.3 is 9.84 Å². The largest absolute Gasteiger partial charge is 0.504 e. The molecule has 1 aliphatic rings. The van der Waals surface area contributed by atoms with Crippen LogP contribution >= 0.6 is 12.2 Å². The monoisotopic (exact) mass is 386 g/mol. The zero-order valence-corrected chi connectivity index (χ0v) is 15.0. The SMILES string of the molecule is CCOc1cc(/C=C2/C(=O)NC(=S)N(c3ccc(F)cc3)C2=O)ccc1O. The Hall–Kier alpha value is -3.26. The van der Waals surface area contributed by atoms with Gasteiger partial charge in [-0.1, -0.05) is 6.07 Å². The second kappa shape index (κ2) is 7.55. The fourth-order valence-corrected chi connectivity index (χ4v) is 2.82. The lowest BCUT2D eigenvalue weighted by atomic mass is 10.1. The number of carbonyl (C=O) groups excluding carboxylic acids is 2. The first-order chi connectivity index (χ1) is 12.9. The van der Waals surface area contributed by atoms with Crippen molar-refractivity contribution < 1.29 is 23.8 Å². The molecule has 3 rings (SSSR count). The normalized spacial score (nSPS) is 15.9. The molecule has 8 heteroatoms. The summed E-state index contributed by atoms with van der Waals surface area (Å²) < 4.78 is 18.5. The van der Waals surface area contributed by atoms with Crippen LogP contribution in [0.2, 0.25) is 0 Å². The van der Waals surface area contributed by atoms with Gasteiger partial charge in [0, 0.05) is 0 Å². The predicted octanol–water partition coefficient (Wildman–Crippen LogP) is 2.76. The van der Waals surface area contributed by atoms with Crippen LogP contribution in [-0.4, -0.2) is 28.6 Å². The lowest BCUT2D eigenvalue weighted by molar-refractivity contribution is -0.122. The lowest BCUT2D eigenvalue weighted by Gasteiger charge is -2.28. The standard InChI is InChI=1S/C19H15FN2O4S/c1-2-26-16-10-11(3-8-15(16)23)9-14-17(24)21-19(27)22(18(14)25)13-6-4-12(20)5-7-13/h3-10,23H,2H2,1H3,(H,21,24,27)/b14-9-. The number of thiocarbonyl (C=S) groups is 1. The van der Waals surface area contributed by atoms with Crippen molar-refractivity contribution in [1.29, 1.82) is 0 Å². The van der Waals surface area contributed by atoms with E-state index in [1.54, 1.807) is 13.0 Å². The zero-order chi connectivity index (χ0) is 19.6. The number of benzene rings is 2. The second-order valence-electron chi connectivity index (χ2n) is 5.59. The third-order valence-corrected chi connectivity index (χ3v) is 4.07. The highest BCUT2D eigenvalue weighted by atomic mass is 32.1. The van der Waals surface area contributed by atoms with Crippen LogP contribution in [0.5, 0.6) is 11.5 Å². The first kappa shape index (κ1) is 18.5. The average molecular weight is 386 g/mol. The molecular formula is C19H15FN2O4S. The van der Waals surface area contributed by atoms with Gasteiger partial charge in [-0.05, 0) is 67.2 Å². The third kappa shape index (κ3) is 3.80. The van der Waals surface area contributed by atoms with E-state index in [9.17, 15) is 19.1 Å². The number of ether oxygens (including phenoxy) is 1. The Kier molecular flexibility index (Phi) is 5.18. The van der Waals surface area contributed by atoms with Crippen LogP contribution in [0, 0.1) is 5.82 Å². The number of nitrogens with one attached hydrogen (secondary N) is 1. The molecule has 0 unspecified atom stereocenters. The van der Waals surface area contributed by atoms with Crippen molar-refractivity contribution in [1.82, 2.24) is 5.32 Å². The molecule has 0 atom stereocenters. The highest BCUT2D eigenvalue weighted by Gasteiger charge is 2.34. The Labute approximate surface area is 159 Å². The maximum Gasteiger partial charge on any atom is 0.270 e. The van der Waals surface area contributed by atoms with Crippen molar-refractivity contribution in [2.75, 3.05) is 11.5 Å². The number of aromatic hydroxyl groups is 1. The number of hydrogen-bond acceptors (Lipinski definition) is 5. The predicted molar refractivity (Wildman–Crippen MR) is 102 cm³/mol. The number of rotatable bonds is 4. The molecule has 1 aliphatic heterocycles. The summed E-state index contributed by atoms with van der Waals surface area (Å²) in [4.78, 5) is 26.2. The van der Waals surface area contributed by atoms with Gasteiger partial charge in [-0.3, -0.25) is 19.8 Å². The van der Waals surface area contributed by atoms with Crippen LogP contribution in [0.4, 0.5) is 10.1 Å². The van der Waals surface area contributed by atoms with Crippen molar-refractivity contribution in [2.24, 2.45) is 0 Å². The van der Waals surface area contributed by atoms with Gasteiger partial charge in [0.15, 0.2) is 16.6 Å². The van der Waals surface area contributed by atoms with Crippen molar-refractivity contribution in [3.63, 3.8) is 0 Å². The van der Waals surface area contributed by atoms with E-state index in [0.717, 1.165) is 4.90 Å². The van der Waals surface area contributed by atoms with Crippen molar-refractivity contribution in [3.8, 4) is 11.5 Å². The van der Waals surface area contributed by atoms with E-state index < -0.39 is 17.6 Å². The van der Waals surface area contributed by atoms with E-state index in [0.29, 0.717) is 17.9 Å². The maximum atomic E-state index is 13.2. The van der Waals surface area contributed by atoms with E-state index in [1.807, 2.05) is 0 Å². The van der Waals surface area contributed by atoms with Crippen molar-refractivity contribution >= 4 is 40.9 Å². The summed E-state index contributed by atoms with van der Waals surface area (Å²) in [7, 11) is 0. The van der Waals surface area contributed by atoms with Crippen LogP contribution in [0.15, 0.2) is 48.0 Å². The minimum atomic E-state index is -0.644. The first-order valence-electron chi connectivity index (χ1n) is 8.03. The summed E-state index contributed by atoms with van der Waals surface area (Å²) in [6, 6.07) is 9.64. The molecule has 6 nitrogen and oxygen atoms in total. The van der Waals surface area contributed by atoms with Gasteiger partial charge in [0.1, 0.15) is 11.4 Å². The van der Waals surface area contributed by atoms with Crippen LogP contribution in [0.1, 0.15) is 12.5 Å². The zero-order valence-electron chi connectivity index (χ0n) is 14.2. The molecule has 138 valence electrons. The van der Waals surface area contributed by atoms with Crippen LogP contribution in [0.25, 0.3) is 6.08 Å². The molecule has 0 bridgehead atoms. The molecule has 0 saturated carbocycles. The second-order valence-corrected chi connectivity index (χ2v) is 5.98. The Morgan fingerprint density at radius 3 is 2.59 bits per heavy atom. The summed E-state index contributed by atoms with van der Waals surface area (Å²) in [5.41, 5.74) is 0.667. The quantitative estimate of drug-likeness (QED) is 0.480. The number of phenolic OH excluding ortho intramolecular Hbond substituents is 1. The first-order valence-corrected chi connectivity index (χ1v) is 8.44. The van der Waals surface area contributed by atoms with Crippen LogP contribution < -0.4 is 15.0 Å². The van der Waals surface area contributed by atoms with Gasteiger partial charge in [-0.2, -0.15) is 0 Å². The van der Waals surface area contributed by atoms with Crippen LogP contribution in [-0.2, 0) is 9.59 Å².